The number of nitrogens with zero attached hydrogens (tertiary/aromatic N) is 1. The predicted octanol–water partition coefficient (Wildman–Crippen LogP) is 5.66. The maximum atomic E-state index is 6.23. The number of hydrogen-bond acceptors (Lipinski definition) is 3. The molecule has 0 bridgehead atoms. The van der Waals surface area contributed by atoms with Crippen molar-refractivity contribution in [2.24, 2.45) is 0 Å². The van der Waals surface area contributed by atoms with Gasteiger partial charge < -0.3 is 10.1 Å². The van der Waals surface area contributed by atoms with E-state index in [1.807, 2.05) is 12.1 Å². The lowest BCUT2D eigenvalue weighted by molar-refractivity contribution is -0.702. The molecule has 0 fully saturated rings. The van der Waals surface area contributed by atoms with Crippen molar-refractivity contribution in [3.63, 3.8) is 0 Å². The zero-order valence-corrected chi connectivity index (χ0v) is 17.1. The van der Waals surface area contributed by atoms with E-state index in [1.54, 1.807) is 11.3 Å². The van der Waals surface area contributed by atoms with Gasteiger partial charge in [-0.2, -0.15) is 4.57 Å². The summed E-state index contributed by atoms with van der Waals surface area (Å²) in [6.07, 6.45) is 0. The van der Waals surface area contributed by atoms with Gasteiger partial charge in [-0.15, -0.1) is 0 Å². The Morgan fingerprint density at radius 1 is 1.04 bits per heavy atom. The van der Waals surface area contributed by atoms with Crippen LogP contribution in [0.25, 0.3) is 0 Å². The monoisotopic (exact) mass is 347 g/mol. The van der Waals surface area contributed by atoms with E-state index in [9.17, 15) is 0 Å². The molecule has 132 valence electrons. The lowest BCUT2D eigenvalue weighted by atomic mass is 9.91. The van der Waals surface area contributed by atoms with Gasteiger partial charge in [0.15, 0.2) is 11.5 Å². The second kappa shape index (κ2) is 6.75. The molecule has 4 heteroatoms. The van der Waals surface area contributed by atoms with Crippen LogP contribution in [0.2, 0.25) is 0 Å². The van der Waals surface area contributed by atoms with Crippen molar-refractivity contribution in [3.05, 3.63) is 35.5 Å². The molecule has 1 N–H and O–H groups in total. The molecule has 24 heavy (non-hydrogen) atoms. The van der Waals surface area contributed by atoms with Crippen LogP contribution < -0.4 is 14.6 Å². The number of ether oxygens (including phenoxy) is 1. The molecular weight excluding hydrogens is 316 g/mol. The van der Waals surface area contributed by atoms with E-state index in [4.69, 9.17) is 4.74 Å². The molecule has 0 saturated carbocycles. The Morgan fingerprint density at radius 3 is 2.08 bits per heavy atom. The average molecular weight is 348 g/mol. The molecule has 0 amide bonds. The van der Waals surface area contributed by atoms with Crippen molar-refractivity contribution < 1.29 is 9.30 Å². The number of rotatable bonds is 4. The third kappa shape index (κ3) is 4.50. The first kappa shape index (κ1) is 18.8. The van der Waals surface area contributed by atoms with E-state index in [0.29, 0.717) is 0 Å². The molecule has 1 aromatic carbocycles. The maximum absolute atomic E-state index is 6.23. The van der Waals surface area contributed by atoms with Crippen LogP contribution in [0.1, 0.15) is 59.7 Å². The highest BCUT2D eigenvalue weighted by Crippen LogP contribution is 2.39. The highest BCUT2D eigenvalue weighted by Gasteiger charge is 2.37. The molecular formula is C20H31N2OS+. The summed E-state index contributed by atoms with van der Waals surface area (Å²) >= 11 is 1.69. The lowest BCUT2D eigenvalue weighted by Crippen LogP contribution is -2.42. The summed E-state index contributed by atoms with van der Waals surface area (Å²) in [5.41, 5.74) is 2.58. The normalized spacial score (nSPS) is 12.3. The Balaban J connectivity index is 2.49. The predicted molar refractivity (Wildman–Crippen MR) is 104 cm³/mol. The summed E-state index contributed by atoms with van der Waals surface area (Å²) in [5, 5.41) is 5.79. The molecule has 0 aliphatic rings. The number of thiazole rings is 1. The van der Waals surface area contributed by atoms with E-state index in [-0.39, 0.29) is 11.0 Å². The standard InChI is InChI=1S/C20H31N2OS/c1-9-22-16(19(3,4)5)17(21-20(6,7)8)24-18(22)23-15-12-10-14(2)11-13-15/h10-13,21H,9H2,1-8H3/q+1. The minimum absolute atomic E-state index is 0.0115. The minimum atomic E-state index is 0.0115. The number of hydrogen-bond donors (Lipinski definition) is 1. The first-order valence-corrected chi connectivity index (χ1v) is 9.42. The van der Waals surface area contributed by atoms with Crippen LogP contribution in [-0.4, -0.2) is 5.54 Å². The molecule has 0 atom stereocenters. The van der Waals surface area contributed by atoms with Crippen LogP contribution in [0, 0.1) is 6.92 Å². The summed E-state index contributed by atoms with van der Waals surface area (Å²) < 4.78 is 8.52. The first-order chi connectivity index (χ1) is 11.0. The van der Waals surface area contributed by atoms with Gasteiger partial charge in [-0.3, -0.25) is 0 Å². The van der Waals surface area contributed by atoms with Gasteiger partial charge in [-0.05, 0) is 58.1 Å². The molecule has 0 saturated heterocycles. The molecule has 1 heterocycles. The number of anilines is 1. The molecule has 2 aromatic rings. The van der Waals surface area contributed by atoms with Crippen molar-refractivity contribution in [3.8, 4) is 10.9 Å². The molecule has 0 radical (unpaired) electrons. The van der Waals surface area contributed by atoms with Gasteiger partial charge in [0.05, 0.1) is 0 Å². The van der Waals surface area contributed by atoms with E-state index in [2.05, 4.69) is 77.4 Å². The third-order valence-corrected chi connectivity index (χ3v) is 4.61. The van der Waals surface area contributed by atoms with Crippen LogP contribution in [0.5, 0.6) is 10.9 Å². The van der Waals surface area contributed by atoms with Crippen LogP contribution in [0.4, 0.5) is 5.00 Å². The van der Waals surface area contributed by atoms with E-state index < -0.39 is 0 Å². The molecule has 1 aromatic heterocycles. The second-order valence-corrected chi connectivity index (χ2v) is 9.29. The number of aryl methyl sites for hydroxylation is 1. The topological polar surface area (TPSA) is 25.1 Å². The Hall–Kier alpha value is -1.55. The van der Waals surface area contributed by atoms with E-state index >= 15 is 0 Å². The Morgan fingerprint density at radius 2 is 1.62 bits per heavy atom. The fraction of sp³-hybridized carbons (Fsp3) is 0.550. The summed E-state index contributed by atoms with van der Waals surface area (Å²) in [7, 11) is 0. The third-order valence-electron chi connectivity index (χ3n) is 3.64. The molecule has 3 nitrogen and oxygen atoms in total. The van der Waals surface area contributed by atoms with Crippen molar-refractivity contribution in [2.75, 3.05) is 5.32 Å². The Bertz CT molecular complexity index is 688. The van der Waals surface area contributed by atoms with Crippen molar-refractivity contribution in [1.82, 2.24) is 0 Å². The highest BCUT2D eigenvalue weighted by molar-refractivity contribution is 7.17. The molecule has 2 rings (SSSR count). The van der Waals surface area contributed by atoms with Crippen molar-refractivity contribution in [1.29, 1.82) is 0 Å². The minimum Gasteiger partial charge on any atom is -0.397 e. The second-order valence-electron chi connectivity index (χ2n) is 8.33. The average Bonchev–Trinajstić information content (AvgIpc) is 2.76. The zero-order valence-electron chi connectivity index (χ0n) is 16.3. The van der Waals surface area contributed by atoms with Crippen LogP contribution in [-0.2, 0) is 12.0 Å². The molecule has 0 spiro atoms. The zero-order chi connectivity index (χ0) is 18.1. The van der Waals surface area contributed by atoms with Gasteiger partial charge in [-0.1, -0.05) is 38.5 Å². The van der Waals surface area contributed by atoms with Gasteiger partial charge in [0.1, 0.15) is 5.75 Å². The Labute approximate surface area is 150 Å². The summed E-state index contributed by atoms with van der Waals surface area (Å²) in [6, 6.07) is 8.22. The van der Waals surface area contributed by atoms with E-state index in [1.165, 1.54) is 16.3 Å². The van der Waals surface area contributed by atoms with Crippen molar-refractivity contribution in [2.45, 2.75) is 72.9 Å². The summed E-state index contributed by atoms with van der Waals surface area (Å²) in [5.74, 6) is 0.881. The number of aromatic nitrogens is 1. The van der Waals surface area contributed by atoms with Crippen LogP contribution in [0.15, 0.2) is 24.3 Å². The largest absolute Gasteiger partial charge is 0.438 e. The van der Waals surface area contributed by atoms with E-state index in [0.717, 1.165) is 17.5 Å². The summed E-state index contributed by atoms with van der Waals surface area (Å²) in [4.78, 5) is 0. The number of benzene rings is 1. The maximum Gasteiger partial charge on any atom is 0.438 e. The highest BCUT2D eigenvalue weighted by atomic mass is 32.1. The lowest BCUT2D eigenvalue weighted by Gasteiger charge is -2.23. The summed E-state index contributed by atoms with van der Waals surface area (Å²) in [6.45, 7) is 18.5. The van der Waals surface area contributed by atoms with Gasteiger partial charge in [0.2, 0.25) is 5.69 Å². The van der Waals surface area contributed by atoms with Crippen LogP contribution >= 0.6 is 11.3 Å². The number of nitrogens with one attached hydrogen (secondary N) is 1. The van der Waals surface area contributed by atoms with Gasteiger partial charge in [0, 0.05) is 11.0 Å². The van der Waals surface area contributed by atoms with Gasteiger partial charge in [-0.25, -0.2) is 0 Å². The fourth-order valence-corrected chi connectivity index (χ4v) is 4.16. The molecule has 0 unspecified atom stereocenters. The first-order valence-electron chi connectivity index (χ1n) is 8.61. The quantitative estimate of drug-likeness (QED) is 0.721. The Kier molecular flexibility index (Phi) is 5.28. The fourth-order valence-electron chi connectivity index (χ4n) is 2.65. The SMILES string of the molecule is CC[n+]1c(Oc2ccc(C)cc2)sc(NC(C)(C)C)c1C(C)(C)C. The van der Waals surface area contributed by atoms with Crippen molar-refractivity contribution >= 4 is 16.3 Å². The van der Waals surface area contributed by atoms with Gasteiger partial charge >= 0.3 is 5.19 Å². The van der Waals surface area contributed by atoms with Gasteiger partial charge in [0.25, 0.3) is 0 Å². The molecule has 0 aliphatic heterocycles. The van der Waals surface area contributed by atoms with Crippen LogP contribution in [0.3, 0.4) is 0 Å². The molecule has 0 aliphatic carbocycles. The smallest absolute Gasteiger partial charge is 0.397 e.